The zero-order valence-electron chi connectivity index (χ0n) is 11.0. The van der Waals surface area contributed by atoms with Crippen molar-refractivity contribution in [3.8, 4) is 17.0 Å². The summed E-state index contributed by atoms with van der Waals surface area (Å²) in [4.78, 5) is 15.5. The van der Waals surface area contributed by atoms with Crippen LogP contribution >= 0.6 is 11.6 Å². The number of hydrogen-bond acceptors (Lipinski definition) is 3. The monoisotopic (exact) mass is 291 g/mol. The first kappa shape index (κ1) is 14.3. The van der Waals surface area contributed by atoms with E-state index in [1.54, 1.807) is 18.2 Å². The topological polar surface area (TPSA) is 59.4 Å². The average molecular weight is 292 g/mol. The summed E-state index contributed by atoms with van der Waals surface area (Å²) in [6.07, 6.45) is 2.24. The number of rotatable bonds is 5. The standard InChI is InChI=1S/C15H14ClNO3/c1-2-6-20-14-9-17-13(8-12(14)15(18)19)10-4-3-5-11(16)7-10/h3-5,7-9H,2,6H2,1H3,(H,18,19). The first-order chi connectivity index (χ1) is 9.61. The van der Waals surface area contributed by atoms with E-state index in [-0.39, 0.29) is 11.3 Å². The van der Waals surface area contributed by atoms with Crippen molar-refractivity contribution in [2.24, 2.45) is 0 Å². The van der Waals surface area contributed by atoms with E-state index in [9.17, 15) is 9.90 Å². The maximum absolute atomic E-state index is 11.3. The number of pyridine rings is 1. The molecule has 0 aliphatic carbocycles. The lowest BCUT2D eigenvalue weighted by atomic mass is 10.1. The van der Waals surface area contributed by atoms with Crippen LogP contribution in [0.25, 0.3) is 11.3 Å². The molecule has 2 rings (SSSR count). The van der Waals surface area contributed by atoms with E-state index in [1.165, 1.54) is 12.3 Å². The van der Waals surface area contributed by atoms with Crippen LogP contribution in [0.2, 0.25) is 5.02 Å². The number of aromatic nitrogens is 1. The van der Waals surface area contributed by atoms with Gasteiger partial charge in [-0.05, 0) is 24.6 Å². The summed E-state index contributed by atoms with van der Waals surface area (Å²) in [7, 11) is 0. The predicted molar refractivity (Wildman–Crippen MR) is 77.4 cm³/mol. The van der Waals surface area contributed by atoms with Crippen LogP contribution in [0.1, 0.15) is 23.7 Å². The number of carbonyl (C=O) groups is 1. The second-order valence-electron chi connectivity index (χ2n) is 4.23. The minimum absolute atomic E-state index is 0.100. The average Bonchev–Trinajstić information content (AvgIpc) is 2.44. The number of carboxylic acids is 1. The number of carboxylic acid groups (broad SMARTS) is 1. The van der Waals surface area contributed by atoms with E-state index in [4.69, 9.17) is 16.3 Å². The third-order valence-corrected chi connectivity index (χ3v) is 2.91. The Morgan fingerprint density at radius 3 is 2.85 bits per heavy atom. The Kier molecular flexibility index (Phi) is 4.58. The van der Waals surface area contributed by atoms with Crippen LogP contribution in [-0.4, -0.2) is 22.7 Å². The molecule has 0 fully saturated rings. The summed E-state index contributed by atoms with van der Waals surface area (Å²) in [5, 5.41) is 9.83. The van der Waals surface area contributed by atoms with Gasteiger partial charge < -0.3 is 9.84 Å². The van der Waals surface area contributed by atoms with Gasteiger partial charge in [0.15, 0.2) is 5.75 Å². The van der Waals surface area contributed by atoms with E-state index in [0.717, 1.165) is 12.0 Å². The van der Waals surface area contributed by atoms with E-state index < -0.39 is 5.97 Å². The van der Waals surface area contributed by atoms with Gasteiger partial charge >= 0.3 is 5.97 Å². The summed E-state index contributed by atoms with van der Waals surface area (Å²) in [6, 6.07) is 8.61. The SMILES string of the molecule is CCCOc1cnc(-c2cccc(Cl)c2)cc1C(=O)O. The highest BCUT2D eigenvalue weighted by Crippen LogP contribution is 2.26. The molecular weight excluding hydrogens is 278 g/mol. The summed E-state index contributed by atoms with van der Waals surface area (Å²) in [5.74, 6) is -0.757. The Morgan fingerprint density at radius 1 is 1.40 bits per heavy atom. The third kappa shape index (κ3) is 3.27. The number of benzene rings is 1. The van der Waals surface area contributed by atoms with Crippen LogP contribution in [-0.2, 0) is 0 Å². The molecular formula is C15H14ClNO3. The van der Waals surface area contributed by atoms with Gasteiger partial charge in [-0.3, -0.25) is 4.98 Å². The normalized spacial score (nSPS) is 10.3. The molecule has 0 radical (unpaired) electrons. The fraction of sp³-hybridized carbons (Fsp3) is 0.200. The molecule has 1 N–H and O–H groups in total. The first-order valence-electron chi connectivity index (χ1n) is 6.24. The quantitative estimate of drug-likeness (QED) is 0.908. The summed E-state index contributed by atoms with van der Waals surface area (Å²) >= 11 is 5.93. The predicted octanol–water partition coefficient (Wildman–Crippen LogP) is 3.89. The number of nitrogens with zero attached hydrogens (tertiary/aromatic N) is 1. The van der Waals surface area contributed by atoms with Gasteiger partial charge in [-0.15, -0.1) is 0 Å². The molecule has 1 aromatic carbocycles. The van der Waals surface area contributed by atoms with E-state index in [2.05, 4.69) is 4.98 Å². The molecule has 5 heteroatoms. The van der Waals surface area contributed by atoms with Crippen LogP contribution in [0, 0.1) is 0 Å². The second kappa shape index (κ2) is 6.39. The zero-order chi connectivity index (χ0) is 14.5. The maximum atomic E-state index is 11.3. The summed E-state index contributed by atoms with van der Waals surface area (Å²) < 4.78 is 5.39. The van der Waals surface area contributed by atoms with Gasteiger partial charge in [-0.1, -0.05) is 30.7 Å². The van der Waals surface area contributed by atoms with Gasteiger partial charge in [0, 0.05) is 10.6 Å². The van der Waals surface area contributed by atoms with Crippen molar-refractivity contribution < 1.29 is 14.6 Å². The van der Waals surface area contributed by atoms with Crippen LogP contribution in [0.5, 0.6) is 5.75 Å². The fourth-order valence-corrected chi connectivity index (χ4v) is 1.93. The Morgan fingerprint density at radius 2 is 2.20 bits per heavy atom. The first-order valence-corrected chi connectivity index (χ1v) is 6.61. The minimum atomic E-state index is -1.04. The summed E-state index contributed by atoms with van der Waals surface area (Å²) in [5.41, 5.74) is 1.42. The van der Waals surface area contributed by atoms with Crippen molar-refractivity contribution in [2.75, 3.05) is 6.61 Å². The van der Waals surface area contributed by atoms with E-state index in [1.807, 2.05) is 13.0 Å². The number of halogens is 1. The highest BCUT2D eigenvalue weighted by atomic mass is 35.5. The molecule has 0 bridgehead atoms. The molecule has 0 aliphatic rings. The van der Waals surface area contributed by atoms with E-state index in [0.29, 0.717) is 17.3 Å². The van der Waals surface area contributed by atoms with Crippen molar-refractivity contribution in [1.29, 1.82) is 0 Å². The van der Waals surface area contributed by atoms with Gasteiger partial charge in [0.1, 0.15) is 5.56 Å². The molecule has 0 atom stereocenters. The minimum Gasteiger partial charge on any atom is -0.491 e. The van der Waals surface area contributed by atoms with Gasteiger partial charge in [0.2, 0.25) is 0 Å². The number of aromatic carboxylic acids is 1. The van der Waals surface area contributed by atoms with Gasteiger partial charge in [-0.25, -0.2) is 4.79 Å². The molecule has 0 saturated carbocycles. The highest BCUT2D eigenvalue weighted by molar-refractivity contribution is 6.30. The molecule has 20 heavy (non-hydrogen) atoms. The lowest BCUT2D eigenvalue weighted by Crippen LogP contribution is -2.05. The molecule has 1 aromatic heterocycles. The van der Waals surface area contributed by atoms with Gasteiger partial charge in [-0.2, -0.15) is 0 Å². The smallest absolute Gasteiger partial charge is 0.339 e. The number of hydrogen-bond donors (Lipinski definition) is 1. The van der Waals surface area contributed by atoms with Crippen LogP contribution in [0.4, 0.5) is 0 Å². The summed E-state index contributed by atoms with van der Waals surface area (Å²) in [6.45, 7) is 2.41. The third-order valence-electron chi connectivity index (χ3n) is 2.68. The van der Waals surface area contributed by atoms with Crippen molar-refractivity contribution in [3.63, 3.8) is 0 Å². The Bertz CT molecular complexity index is 628. The molecule has 0 spiro atoms. The highest BCUT2D eigenvalue weighted by Gasteiger charge is 2.14. The van der Waals surface area contributed by atoms with Crippen molar-refractivity contribution in [1.82, 2.24) is 4.98 Å². The molecule has 2 aromatic rings. The molecule has 0 aliphatic heterocycles. The van der Waals surface area contributed by atoms with E-state index >= 15 is 0 Å². The van der Waals surface area contributed by atoms with Crippen molar-refractivity contribution in [3.05, 3.63) is 47.1 Å². The molecule has 4 nitrogen and oxygen atoms in total. The van der Waals surface area contributed by atoms with Crippen LogP contribution in [0.3, 0.4) is 0 Å². The van der Waals surface area contributed by atoms with Crippen molar-refractivity contribution in [2.45, 2.75) is 13.3 Å². The lowest BCUT2D eigenvalue weighted by Gasteiger charge is -2.09. The lowest BCUT2D eigenvalue weighted by molar-refractivity contribution is 0.0692. The van der Waals surface area contributed by atoms with Crippen molar-refractivity contribution >= 4 is 17.6 Å². The van der Waals surface area contributed by atoms with Gasteiger partial charge in [0.25, 0.3) is 0 Å². The molecule has 104 valence electrons. The Balaban J connectivity index is 2.42. The maximum Gasteiger partial charge on any atom is 0.339 e. The van der Waals surface area contributed by atoms with Gasteiger partial charge in [0.05, 0.1) is 18.5 Å². The second-order valence-corrected chi connectivity index (χ2v) is 4.67. The molecule has 1 heterocycles. The Labute approximate surface area is 122 Å². The largest absolute Gasteiger partial charge is 0.491 e. The fourth-order valence-electron chi connectivity index (χ4n) is 1.74. The zero-order valence-corrected chi connectivity index (χ0v) is 11.7. The molecule has 0 saturated heterocycles. The van der Waals surface area contributed by atoms with Crippen LogP contribution in [0.15, 0.2) is 36.5 Å². The molecule has 0 unspecified atom stereocenters. The number of ether oxygens (including phenoxy) is 1. The van der Waals surface area contributed by atoms with Crippen LogP contribution < -0.4 is 4.74 Å². The Hall–Kier alpha value is -2.07. The molecule has 0 amide bonds.